The number of carbonyl (C=O) groups is 2. The normalized spacial score (nSPS) is 25.5. The summed E-state index contributed by atoms with van der Waals surface area (Å²) >= 11 is 0. The molecule has 176 valence electrons. The molecule has 2 atom stereocenters. The lowest BCUT2D eigenvalue weighted by Gasteiger charge is -2.34. The van der Waals surface area contributed by atoms with Gasteiger partial charge >= 0.3 is 12.1 Å². The van der Waals surface area contributed by atoms with E-state index in [1.54, 1.807) is 6.07 Å². The molecule has 0 aromatic heterocycles. The Bertz CT molecular complexity index is 868. The first-order valence-corrected chi connectivity index (χ1v) is 11.3. The molecule has 3 heterocycles. The Balaban J connectivity index is 1.54. The third-order valence-electron chi connectivity index (χ3n) is 7.22. The van der Waals surface area contributed by atoms with Gasteiger partial charge in [-0.25, -0.2) is 0 Å². The average molecular weight is 454 g/mol. The summed E-state index contributed by atoms with van der Waals surface area (Å²) in [6.07, 6.45) is -2.05. The van der Waals surface area contributed by atoms with E-state index in [1.807, 2.05) is 16.8 Å². The Hall–Kier alpha value is -2.29. The molecule has 1 amide bonds. The maximum Gasteiger partial charge on any atom is 0.416 e. The maximum absolute atomic E-state index is 13.4. The molecule has 3 fully saturated rings. The molecular formula is C23H30F3N3O3. The number of hydrogen-bond donors (Lipinski definition) is 1. The molecule has 2 unspecified atom stereocenters. The van der Waals surface area contributed by atoms with Gasteiger partial charge in [0.25, 0.3) is 0 Å². The first kappa shape index (κ1) is 22.9. The van der Waals surface area contributed by atoms with Crippen LogP contribution in [0.25, 0.3) is 0 Å². The molecule has 0 spiro atoms. The van der Waals surface area contributed by atoms with Crippen molar-refractivity contribution in [2.45, 2.75) is 37.8 Å². The number of halogens is 3. The number of aliphatic carboxylic acids is 1. The van der Waals surface area contributed by atoms with Crippen molar-refractivity contribution in [3.63, 3.8) is 0 Å². The van der Waals surface area contributed by atoms with Crippen molar-refractivity contribution in [2.24, 2.45) is 11.8 Å². The van der Waals surface area contributed by atoms with E-state index in [0.29, 0.717) is 44.7 Å². The number of piperidine rings is 1. The Morgan fingerprint density at radius 2 is 1.66 bits per heavy atom. The van der Waals surface area contributed by atoms with Gasteiger partial charge in [0.15, 0.2) is 0 Å². The van der Waals surface area contributed by atoms with Crippen LogP contribution in [-0.2, 0) is 15.8 Å². The predicted molar refractivity (Wildman–Crippen MR) is 114 cm³/mol. The zero-order valence-corrected chi connectivity index (χ0v) is 18.3. The molecule has 3 aliphatic rings. The topological polar surface area (TPSA) is 64.1 Å². The van der Waals surface area contributed by atoms with Gasteiger partial charge in [-0.15, -0.1) is 0 Å². The molecule has 1 aromatic carbocycles. The minimum absolute atomic E-state index is 0.000808. The summed E-state index contributed by atoms with van der Waals surface area (Å²) in [4.78, 5) is 30.1. The van der Waals surface area contributed by atoms with Crippen LogP contribution < -0.4 is 4.90 Å². The highest BCUT2D eigenvalue weighted by Gasteiger charge is 2.37. The fourth-order valence-corrected chi connectivity index (χ4v) is 5.32. The number of hydrogen-bond acceptors (Lipinski definition) is 4. The molecule has 1 N–H and O–H groups in total. The number of carboxylic acids is 1. The van der Waals surface area contributed by atoms with Crippen LogP contribution in [-0.4, -0.2) is 73.1 Å². The lowest BCUT2D eigenvalue weighted by Crippen LogP contribution is -2.37. The minimum atomic E-state index is -4.45. The summed E-state index contributed by atoms with van der Waals surface area (Å²) in [5.74, 6) is -1.18. The number of benzene rings is 1. The fraction of sp³-hybridized carbons (Fsp3) is 0.652. The largest absolute Gasteiger partial charge is 0.481 e. The summed E-state index contributed by atoms with van der Waals surface area (Å²) in [6, 6.07) is 3.88. The first-order valence-electron chi connectivity index (χ1n) is 11.3. The molecule has 1 aromatic rings. The molecule has 0 bridgehead atoms. The first-order chi connectivity index (χ1) is 15.1. The summed E-state index contributed by atoms with van der Waals surface area (Å²) in [6.45, 7) is 3.62. The Labute approximate surface area is 186 Å². The maximum atomic E-state index is 13.4. The smallest absolute Gasteiger partial charge is 0.416 e. The molecule has 3 saturated heterocycles. The minimum Gasteiger partial charge on any atom is -0.481 e. The average Bonchev–Trinajstić information content (AvgIpc) is 3.42. The second kappa shape index (κ2) is 8.92. The Kier molecular flexibility index (Phi) is 6.38. The molecule has 0 radical (unpaired) electrons. The van der Waals surface area contributed by atoms with E-state index in [0.717, 1.165) is 37.6 Å². The van der Waals surface area contributed by atoms with Gasteiger partial charge in [0.2, 0.25) is 5.91 Å². The quantitative estimate of drug-likeness (QED) is 0.758. The van der Waals surface area contributed by atoms with Crippen molar-refractivity contribution in [3.05, 3.63) is 29.3 Å². The van der Waals surface area contributed by atoms with E-state index in [4.69, 9.17) is 0 Å². The van der Waals surface area contributed by atoms with E-state index >= 15 is 0 Å². The van der Waals surface area contributed by atoms with Crippen LogP contribution in [0.3, 0.4) is 0 Å². The van der Waals surface area contributed by atoms with Crippen LogP contribution in [0.1, 0.15) is 42.7 Å². The number of rotatable bonds is 4. The summed E-state index contributed by atoms with van der Waals surface area (Å²) in [5, 5.41) is 9.25. The number of carboxylic acid groups (broad SMARTS) is 1. The number of likely N-dealkylation sites (tertiary alicyclic amines) is 2. The summed E-state index contributed by atoms with van der Waals surface area (Å²) in [7, 11) is 2.00. The van der Waals surface area contributed by atoms with Crippen LogP contribution in [0.5, 0.6) is 0 Å². The monoisotopic (exact) mass is 453 g/mol. The van der Waals surface area contributed by atoms with Crippen LogP contribution in [0.2, 0.25) is 0 Å². The SMILES string of the molecule is CN1CCC(C(=O)N2CCC(c3ccc(C(F)(F)F)cc3N3CCC(C(=O)O)CC3)C2)C1. The molecule has 6 nitrogen and oxygen atoms in total. The number of anilines is 1. The van der Waals surface area contributed by atoms with Gasteiger partial charge in [-0.1, -0.05) is 6.07 Å². The van der Waals surface area contributed by atoms with Crippen molar-refractivity contribution in [2.75, 3.05) is 51.2 Å². The molecular weight excluding hydrogens is 423 g/mol. The number of amides is 1. The van der Waals surface area contributed by atoms with Gasteiger partial charge in [-0.3, -0.25) is 9.59 Å². The molecule has 9 heteroatoms. The predicted octanol–water partition coefficient (Wildman–Crippen LogP) is 3.27. The number of alkyl halides is 3. The van der Waals surface area contributed by atoms with Crippen LogP contribution in [0.15, 0.2) is 18.2 Å². The van der Waals surface area contributed by atoms with E-state index in [2.05, 4.69) is 4.90 Å². The Morgan fingerprint density at radius 3 is 2.25 bits per heavy atom. The zero-order chi connectivity index (χ0) is 23.0. The molecule has 0 saturated carbocycles. The van der Waals surface area contributed by atoms with E-state index in [-0.39, 0.29) is 17.7 Å². The van der Waals surface area contributed by atoms with Crippen molar-refractivity contribution >= 4 is 17.6 Å². The van der Waals surface area contributed by atoms with Gasteiger partial charge in [0, 0.05) is 44.3 Å². The van der Waals surface area contributed by atoms with Crippen LogP contribution in [0, 0.1) is 11.8 Å². The highest BCUT2D eigenvalue weighted by Crippen LogP contribution is 2.40. The lowest BCUT2D eigenvalue weighted by molar-refractivity contribution is -0.142. The van der Waals surface area contributed by atoms with Gasteiger partial charge in [-0.05, 0) is 57.0 Å². The number of nitrogens with zero attached hydrogens (tertiary/aromatic N) is 3. The summed E-state index contributed by atoms with van der Waals surface area (Å²) < 4.78 is 40.3. The zero-order valence-electron chi connectivity index (χ0n) is 18.3. The van der Waals surface area contributed by atoms with E-state index < -0.39 is 23.6 Å². The molecule has 32 heavy (non-hydrogen) atoms. The third kappa shape index (κ3) is 4.72. The third-order valence-corrected chi connectivity index (χ3v) is 7.22. The molecule has 3 aliphatic heterocycles. The van der Waals surface area contributed by atoms with Crippen molar-refractivity contribution in [1.29, 1.82) is 0 Å². The van der Waals surface area contributed by atoms with Crippen molar-refractivity contribution in [3.8, 4) is 0 Å². The highest BCUT2D eigenvalue weighted by molar-refractivity contribution is 5.80. The van der Waals surface area contributed by atoms with Gasteiger partial charge < -0.3 is 19.8 Å². The second-order valence-electron chi connectivity index (χ2n) is 9.39. The van der Waals surface area contributed by atoms with Crippen molar-refractivity contribution < 1.29 is 27.9 Å². The highest BCUT2D eigenvalue weighted by atomic mass is 19.4. The van der Waals surface area contributed by atoms with E-state index in [9.17, 15) is 27.9 Å². The van der Waals surface area contributed by atoms with Crippen LogP contribution in [0.4, 0.5) is 18.9 Å². The molecule has 4 rings (SSSR count). The lowest BCUT2D eigenvalue weighted by atomic mass is 9.91. The molecule has 0 aliphatic carbocycles. The summed E-state index contributed by atoms with van der Waals surface area (Å²) in [5.41, 5.74) is 0.658. The Morgan fingerprint density at radius 1 is 0.969 bits per heavy atom. The second-order valence-corrected chi connectivity index (χ2v) is 9.39. The van der Waals surface area contributed by atoms with Crippen LogP contribution >= 0.6 is 0 Å². The standard InChI is InChI=1S/C23H30F3N3O3/c1-27-8-4-17(13-27)21(30)29-11-7-16(14-29)19-3-2-18(23(24,25)26)12-20(19)28-9-5-15(6-10-28)22(31)32/h2-3,12,15-17H,4-11,13-14H2,1H3,(H,31,32). The fourth-order valence-electron chi connectivity index (χ4n) is 5.32. The van der Waals surface area contributed by atoms with Gasteiger partial charge in [0.05, 0.1) is 17.4 Å². The van der Waals surface area contributed by atoms with Gasteiger partial charge in [0.1, 0.15) is 0 Å². The van der Waals surface area contributed by atoms with E-state index in [1.165, 1.54) is 6.07 Å². The number of carbonyl (C=O) groups excluding carboxylic acids is 1. The van der Waals surface area contributed by atoms with Gasteiger partial charge in [-0.2, -0.15) is 13.2 Å². The van der Waals surface area contributed by atoms with Crippen molar-refractivity contribution in [1.82, 2.24) is 9.80 Å².